The van der Waals surface area contributed by atoms with Crippen molar-refractivity contribution in [3.63, 3.8) is 0 Å². The Morgan fingerprint density at radius 3 is 2.67 bits per heavy atom. The third kappa shape index (κ3) is 2.09. The average molecular weight is 220 g/mol. The molecule has 1 heterocycles. The van der Waals surface area contributed by atoms with Crippen molar-refractivity contribution in [2.45, 2.75) is 6.43 Å². The number of pyridine rings is 1. The van der Waals surface area contributed by atoms with E-state index in [4.69, 9.17) is 5.11 Å². The van der Waals surface area contributed by atoms with Gasteiger partial charge in [0.15, 0.2) is 11.4 Å². The SMILES string of the molecule is COc1nc(C(F)F)c([N+](=O)[O-])cc1O. The van der Waals surface area contributed by atoms with E-state index in [1.165, 1.54) is 0 Å². The quantitative estimate of drug-likeness (QED) is 0.618. The fraction of sp³-hybridized carbons (Fsp3) is 0.286. The predicted molar refractivity (Wildman–Crippen MR) is 44.1 cm³/mol. The molecule has 15 heavy (non-hydrogen) atoms. The Bertz CT molecular complexity index is 397. The second kappa shape index (κ2) is 4.03. The molecule has 1 N–H and O–H groups in total. The van der Waals surface area contributed by atoms with Gasteiger partial charge in [0, 0.05) is 0 Å². The largest absolute Gasteiger partial charge is 0.503 e. The number of hydrogen-bond donors (Lipinski definition) is 1. The van der Waals surface area contributed by atoms with Crippen LogP contribution in [0, 0.1) is 10.1 Å². The van der Waals surface area contributed by atoms with E-state index in [0.29, 0.717) is 6.07 Å². The molecule has 0 amide bonds. The van der Waals surface area contributed by atoms with Gasteiger partial charge in [-0.3, -0.25) is 10.1 Å². The van der Waals surface area contributed by atoms with Gasteiger partial charge >= 0.3 is 5.69 Å². The summed E-state index contributed by atoms with van der Waals surface area (Å²) >= 11 is 0. The zero-order valence-electron chi connectivity index (χ0n) is 7.48. The fourth-order valence-corrected chi connectivity index (χ4v) is 0.946. The van der Waals surface area contributed by atoms with Crippen LogP contribution in [0.3, 0.4) is 0 Å². The van der Waals surface area contributed by atoms with Crippen molar-refractivity contribution >= 4 is 5.69 Å². The van der Waals surface area contributed by atoms with Crippen molar-refractivity contribution in [1.29, 1.82) is 0 Å². The van der Waals surface area contributed by atoms with Crippen LogP contribution < -0.4 is 4.74 Å². The zero-order valence-corrected chi connectivity index (χ0v) is 7.48. The van der Waals surface area contributed by atoms with E-state index >= 15 is 0 Å². The molecular formula is C7H6F2N2O4. The number of aromatic nitrogens is 1. The second-order valence-electron chi connectivity index (χ2n) is 2.48. The molecule has 0 aromatic carbocycles. The molecule has 0 bridgehead atoms. The molecule has 0 aliphatic carbocycles. The Balaban J connectivity index is 3.38. The molecule has 0 saturated heterocycles. The number of nitro groups is 1. The summed E-state index contributed by atoms with van der Waals surface area (Å²) in [6.07, 6.45) is -3.11. The summed E-state index contributed by atoms with van der Waals surface area (Å²) in [5.41, 5.74) is -1.97. The Labute approximate surface area is 82.3 Å². The number of methoxy groups -OCH3 is 1. The first-order valence-corrected chi connectivity index (χ1v) is 3.67. The van der Waals surface area contributed by atoms with Crippen LogP contribution in [0.2, 0.25) is 0 Å². The predicted octanol–water partition coefficient (Wildman–Crippen LogP) is 1.64. The molecule has 0 atom stereocenters. The van der Waals surface area contributed by atoms with Crippen LogP contribution >= 0.6 is 0 Å². The van der Waals surface area contributed by atoms with Crippen LogP contribution in [0.4, 0.5) is 14.5 Å². The van der Waals surface area contributed by atoms with E-state index in [1.54, 1.807) is 0 Å². The lowest BCUT2D eigenvalue weighted by Crippen LogP contribution is -2.01. The number of nitrogens with zero attached hydrogens (tertiary/aromatic N) is 2. The molecule has 0 aliphatic heterocycles. The lowest BCUT2D eigenvalue weighted by Gasteiger charge is -2.05. The second-order valence-corrected chi connectivity index (χ2v) is 2.48. The van der Waals surface area contributed by atoms with Crippen LogP contribution in [0.15, 0.2) is 6.07 Å². The molecule has 6 nitrogen and oxygen atoms in total. The average Bonchev–Trinajstić information content (AvgIpc) is 2.16. The minimum Gasteiger partial charge on any atom is -0.503 e. The highest BCUT2D eigenvalue weighted by Gasteiger charge is 2.26. The van der Waals surface area contributed by atoms with Crippen molar-refractivity contribution in [3.05, 3.63) is 21.9 Å². The van der Waals surface area contributed by atoms with E-state index in [9.17, 15) is 18.9 Å². The van der Waals surface area contributed by atoms with Gasteiger partial charge in [-0.2, -0.15) is 0 Å². The number of alkyl halides is 2. The molecule has 0 fully saturated rings. The first-order valence-electron chi connectivity index (χ1n) is 3.67. The Morgan fingerprint density at radius 1 is 1.67 bits per heavy atom. The van der Waals surface area contributed by atoms with E-state index in [-0.39, 0.29) is 0 Å². The summed E-state index contributed by atoms with van der Waals surface area (Å²) in [6, 6.07) is 0.577. The number of aromatic hydroxyl groups is 1. The van der Waals surface area contributed by atoms with Crippen molar-refractivity contribution < 1.29 is 23.5 Å². The number of ether oxygens (including phenoxy) is 1. The standard InChI is InChI=1S/C7H6F2N2O4/c1-15-7-4(12)2-3(11(13)14)5(10-7)6(8)9/h2,6,12H,1H3. The van der Waals surface area contributed by atoms with Crippen molar-refractivity contribution in [3.8, 4) is 11.6 Å². The maximum Gasteiger partial charge on any atom is 0.300 e. The highest BCUT2D eigenvalue weighted by Crippen LogP contribution is 2.34. The Kier molecular flexibility index (Phi) is 2.98. The first kappa shape index (κ1) is 11.1. The molecule has 0 spiro atoms. The van der Waals surface area contributed by atoms with Crippen LogP contribution in [0.25, 0.3) is 0 Å². The number of rotatable bonds is 3. The summed E-state index contributed by atoms with van der Waals surface area (Å²) in [4.78, 5) is 12.5. The molecule has 82 valence electrons. The van der Waals surface area contributed by atoms with E-state index in [1.807, 2.05) is 0 Å². The molecule has 1 aromatic rings. The topological polar surface area (TPSA) is 85.5 Å². The monoisotopic (exact) mass is 220 g/mol. The third-order valence-corrected chi connectivity index (χ3v) is 1.57. The van der Waals surface area contributed by atoms with Gasteiger partial charge < -0.3 is 9.84 Å². The Morgan fingerprint density at radius 2 is 2.27 bits per heavy atom. The van der Waals surface area contributed by atoms with Crippen molar-refractivity contribution in [2.75, 3.05) is 7.11 Å². The first-order chi connectivity index (χ1) is 6.97. The van der Waals surface area contributed by atoms with Gasteiger partial charge in [-0.15, -0.1) is 0 Å². The minimum absolute atomic E-state index is 0.476. The third-order valence-electron chi connectivity index (χ3n) is 1.57. The maximum atomic E-state index is 12.3. The summed E-state index contributed by atoms with van der Waals surface area (Å²) in [7, 11) is 1.10. The summed E-state index contributed by atoms with van der Waals surface area (Å²) in [6.45, 7) is 0. The van der Waals surface area contributed by atoms with E-state index in [2.05, 4.69) is 9.72 Å². The molecule has 8 heteroatoms. The van der Waals surface area contributed by atoms with Gasteiger partial charge in [-0.1, -0.05) is 0 Å². The lowest BCUT2D eigenvalue weighted by molar-refractivity contribution is -0.386. The van der Waals surface area contributed by atoms with Gasteiger partial charge in [0.2, 0.25) is 0 Å². The molecule has 1 aromatic heterocycles. The van der Waals surface area contributed by atoms with E-state index < -0.39 is 34.4 Å². The van der Waals surface area contributed by atoms with Crippen LogP contribution in [0.5, 0.6) is 11.6 Å². The molecule has 0 saturated carbocycles. The fourth-order valence-electron chi connectivity index (χ4n) is 0.946. The van der Waals surface area contributed by atoms with Gasteiger partial charge in [-0.05, 0) is 0 Å². The lowest BCUT2D eigenvalue weighted by atomic mass is 10.3. The van der Waals surface area contributed by atoms with Crippen LogP contribution in [-0.4, -0.2) is 22.1 Å². The van der Waals surface area contributed by atoms with Gasteiger partial charge in [0.05, 0.1) is 18.1 Å². The Hall–Kier alpha value is -1.99. The minimum atomic E-state index is -3.11. The zero-order chi connectivity index (χ0) is 11.6. The van der Waals surface area contributed by atoms with Crippen molar-refractivity contribution in [2.24, 2.45) is 0 Å². The van der Waals surface area contributed by atoms with Crippen LogP contribution in [-0.2, 0) is 0 Å². The highest BCUT2D eigenvalue weighted by atomic mass is 19.3. The summed E-state index contributed by atoms with van der Waals surface area (Å²) in [5, 5.41) is 19.5. The maximum absolute atomic E-state index is 12.3. The molecule has 1 rings (SSSR count). The summed E-state index contributed by atoms with van der Waals surface area (Å²) < 4.78 is 29.1. The summed E-state index contributed by atoms with van der Waals surface area (Å²) in [5.74, 6) is -1.13. The van der Waals surface area contributed by atoms with Gasteiger partial charge in [0.1, 0.15) is 0 Å². The number of hydrogen-bond acceptors (Lipinski definition) is 5. The molecule has 0 radical (unpaired) electrons. The van der Waals surface area contributed by atoms with Gasteiger partial charge in [-0.25, -0.2) is 13.8 Å². The number of halogens is 2. The molecule has 0 unspecified atom stereocenters. The highest BCUT2D eigenvalue weighted by molar-refractivity contribution is 5.47. The van der Waals surface area contributed by atoms with E-state index in [0.717, 1.165) is 7.11 Å². The van der Waals surface area contributed by atoms with Crippen LogP contribution in [0.1, 0.15) is 12.1 Å². The van der Waals surface area contributed by atoms with Gasteiger partial charge in [0.25, 0.3) is 12.3 Å². The normalized spacial score (nSPS) is 10.4. The smallest absolute Gasteiger partial charge is 0.300 e. The molecular weight excluding hydrogens is 214 g/mol. The molecule has 0 aliphatic rings. The van der Waals surface area contributed by atoms with Crippen molar-refractivity contribution in [1.82, 2.24) is 4.98 Å².